The Morgan fingerprint density at radius 2 is 2.03 bits per heavy atom. The van der Waals surface area contributed by atoms with E-state index in [2.05, 4.69) is 37.0 Å². The number of nitrogens with one attached hydrogen (secondary N) is 3. The smallest absolute Gasteiger partial charge is 0.257 e. The third-order valence-corrected chi connectivity index (χ3v) is 6.23. The molecular weight excluding hydrogens is 447 g/mol. The number of halogens is 1. The number of anilines is 2. The molecule has 1 aromatic carbocycles. The number of fused-ring (bicyclic) bond motifs is 2. The number of rotatable bonds is 8. The van der Waals surface area contributed by atoms with Gasteiger partial charge in [-0.1, -0.05) is 0 Å². The van der Waals surface area contributed by atoms with Gasteiger partial charge in [0.15, 0.2) is 11.5 Å². The van der Waals surface area contributed by atoms with Gasteiger partial charge in [0, 0.05) is 50.0 Å². The molecule has 0 saturated heterocycles. The summed E-state index contributed by atoms with van der Waals surface area (Å²) in [4.78, 5) is 26.0. The zero-order valence-electron chi connectivity index (χ0n) is 19.5. The van der Waals surface area contributed by atoms with E-state index >= 15 is 0 Å². The first-order chi connectivity index (χ1) is 16.9. The lowest BCUT2D eigenvalue weighted by atomic mass is 10.1. The molecule has 9 nitrogen and oxygen atoms in total. The van der Waals surface area contributed by atoms with Gasteiger partial charge in [0.25, 0.3) is 5.91 Å². The molecule has 0 radical (unpaired) electrons. The molecule has 4 aromatic rings. The van der Waals surface area contributed by atoms with E-state index < -0.39 is 11.7 Å². The molecule has 1 fully saturated rings. The number of aromatic nitrogens is 4. The van der Waals surface area contributed by atoms with Crippen LogP contribution in [0.5, 0.6) is 0 Å². The van der Waals surface area contributed by atoms with Crippen LogP contribution in [0.4, 0.5) is 15.8 Å². The molecule has 0 spiro atoms. The minimum absolute atomic E-state index is 0.132. The Labute approximate surface area is 201 Å². The van der Waals surface area contributed by atoms with Crippen molar-refractivity contribution in [2.75, 3.05) is 23.7 Å². The summed E-state index contributed by atoms with van der Waals surface area (Å²) in [5.41, 5.74) is 3.08. The van der Waals surface area contributed by atoms with Gasteiger partial charge in [-0.2, -0.15) is 5.26 Å². The van der Waals surface area contributed by atoms with E-state index in [9.17, 15) is 14.4 Å². The lowest BCUT2D eigenvalue weighted by Crippen LogP contribution is -2.36. The largest absolute Gasteiger partial charge is 0.382 e. The molecule has 0 bridgehead atoms. The van der Waals surface area contributed by atoms with Gasteiger partial charge >= 0.3 is 0 Å². The van der Waals surface area contributed by atoms with Crippen LogP contribution in [0.3, 0.4) is 0 Å². The van der Waals surface area contributed by atoms with Crippen LogP contribution in [0.15, 0.2) is 43.0 Å². The summed E-state index contributed by atoms with van der Waals surface area (Å²) < 4.78 is 16.0. The second kappa shape index (κ2) is 8.92. The number of pyridine rings is 1. The lowest BCUT2D eigenvalue weighted by molar-refractivity contribution is 0.102. The normalized spacial score (nSPS) is 15.0. The molecule has 1 saturated carbocycles. The lowest BCUT2D eigenvalue weighted by Gasteiger charge is -2.18. The second-order valence-corrected chi connectivity index (χ2v) is 9.11. The molecule has 10 heteroatoms. The van der Waals surface area contributed by atoms with Crippen LogP contribution in [0.2, 0.25) is 0 Å². The van der Waals surface area contributed by atoms with Crippen molar-refractivity contribution in [3.05, 3.63) is 60.1 Å². The van der Waals surface area contributed by atoms with Crippen molar-refractivity contribution in [1.29, 1.82) is 5.26 Å². The highest BCUT2D eigenvalue weighted by Crippen LogP contribution is 2.44. The van der Waals surface area contributed by atoms with Gasteiger partial charge in [0.2, 0.25) is 0 Å². The molecule has 35 heavy (non-hydrogen) atoms. The number of imidazole rings is 1. The van der Waals surface area contributed by atoms with Crippen molar-refractivity contribution in [3.8, 4) is 6.07 Å². The van der Waals surface area contributed by atoms with E-state index in [-0.39, 0.29) is 17.1 Å². The summed E-state index contributed by atoms with van der Waals surface area (Å²) in [7, 11) is 0. The van der Waals surface area contributed by atoms with Crippen LogP contribution in [0.1, 0.15) is 35.8 Å². The van der Waals surface area contributed by atoms with E-state index in [1.54, 1.807) is 42.0 Å². The SMILES string of the molecule is Cc1cn2cc(NC(=O)c3ccc(NC[C@H](C)NCC4(C#N)CC4)c4nccnc34)cc(F)c2n1. The molecule has 178 valence electrons. The first kappa shape index (κ1) is 22.7. The van der Waals surface area contributed by atoms with Crippen molar-refractivity contribution in [3.63, 3.8) is 0 Å². The predicted octanol–water partition coefficient (Wildman–Crippen LogP) is 3.67. The standard InChI is InChI=1S/C25H25FN8O/c1-15(31-14-25(13-27)5-6-25)10-30-20-4-3-18(21-22(20)29-8-7-28-21)24(35)33-17-9-19(26)23-32-16(2)11-34(23)12-17/h3-4,7-9,11-12,15,30-31H,5-6,10,14H2,1-2H3,(H,33,35)/t15-/m0/s1. The van der Waals surface area contributed by atoms with Gasteiger partial charge in [-0.3, -0.25) is 14.8 Å². The molecule has 3 aromatic heterocycles. The summed E-state index contributed by atoms with van der Waals surface area (Å²) in [6.07, 6.45) is 8.31. The van der Waals surface area contributed by atoms with Crippen LogP contribution < -0.4 is 16.0 Å². The highest BCUT2D eigenvalue weighted by Gasteiger charge is 2.42. The molecule has 1 amide bonds. The average Bonchev–Trinajstić information content (AvgIpc) is 3.54. The molecule has 3 heterocycles. The number of carbonyl (C=O) groups excluding carboxylic acids is 1. The molecular formula is C25H25FN8O. The van der Waals surface area contributed by atoms with Gasteiger partial charge < -0.3 is 20.4 Å². The Kier molecular flexibility index (Phi) is 5.78. The zero-order chi connectivity index (χ0) is 24.6. The highest BCUT2D eigenvalue weighted by atomic mass is 19.1. The summed E-state index contributed by atoms with van der Waals surface area (Å²) in [6, 6.07) is 7.24. The molecule has 5 rings (SSSR count). The minimum atomic E-state index is -0.523. The molecule has 1 aliphatic carbocycles. The maximum atomic E-state index is 14.4. The molecule has 0 unspecified atom stereocenters. The minimum Gasteiger partial charge on any atom is -0.382 e. The molecule has 0 aliphatic heterocycles. The monoisotopic (exact) mass is 472 g/mol. The van der Waals surface area contributed by atoms with E-state index in [1.165, 1.54) is 12.3 Å². The van der Waals surface area contributed by atoms with Crippen molar-refractivity contribution < 1.29 is 9.18 Å². The summed E-state index contributed by atoms with van der Waals surface area (Å²) in [6.45, 7) is 5.12. The number of amides is 1. The quantitative estimate of drug-likeness (QED) is 0.358. The topological polar surface area (TPSA) is 120 Å². The van der Waals surface area contributed by atoms with Crippen molar-refractivity contribution in [2.45, 2.75) is 32.7 Å². The number of nitriles is 1. The number of aryl methyl sites for hydroxylation is 1. The van der Waals surface area contributed by atoms with E-state index in [0.29, 0.717) is 41.1 Å². The first-order valence-electron chi connectivity index (χ1n) is 11.5. The van der Waals surface area contributed by atoms with Gasteiger partial charge in [0.05, 0.1) is 34.1 Å². The van der Waals surface area contributed by atoms with Crippen LogP contribution in [0.25, 0.3) is 16.7 Å². The fraction of sp³-hybridized carbons (Fsp3) is 0.320. The number of benzene rings is 1. The number of carbonyl (C=O) groups is 1. The maximum Gasteiger partial charge on any atom is 0.257 e. The summed E-state index contributed by atoms with van der Waals surface area (Å²) >= 11 is 0. The van der Waals surface area contributed by atoms with Gasteiger partial charge in [0.1, 0.15) is 11.0 Å². The third-order valence-electron chi connectivity index (χ3n) is 6.23. The molecule has 3 N–H and O–H groups in total. The summed E-state index contributed by atoms with van der Waals surface area (Å²) in [5, 5.41) is 18.8. The van der Waals surface area contributed by atoms with Crippen LogP contribution >= 0.6 is 0 Å². The third kappa shape index (κ3) is 4.63. The highest BCUT2D eigenvalue weighted by molar-refractivity contribution is 6.13. The Hall–Kier alpha value is -4.10. The second-order valence-electron chi connectivity index (χ2n) is 9.11. The summed E-state index contributed by atoms with van der Waals surface area (Å²) in [5.74, 6) is -0.941. The predicted molar refractivity (Wildman–Crippen MR) is 131 cm³/mol. The maximum absolute atomic E-state index is 14.4. The van der Waals surface area contributed by atoms with Crippen molar-refractivity contribution in [2.24, 2.45) is 5.41 Å². The zero-order valence-corrected chi connectivity index (χ0v) is 19.5. The Morgan fingerprint density at radius 1 is 1.26 bits per heavy atom. The van der Waals surface area contributed by atoms with Gasteiger partial charge in [-0.05, 0) is 38.8 Å². The number of hydrogen-bond donors (Lipinski definition) is 3. The average molecular weight is 473 g/mol. The van der Waals surface area contributed by atoms with Crippen LogP contribution in [-0.2, 0) is 0 Å². The Bertz CT molecular complexity index is 1470. The molecule has 1 atom stereocenters. The van der Waals surface area contributed by atoms with E-state index in [1.807, 2.05) is 6.92 Å². The Balaban J connectivity index is 1.33. The fourth-order valence-corrected chi connectivity index (χ4v) is 4.01. The van der Waals surface area contributed by atoms with Crippen LogP contribution in [0, 0.1) is 29.5 Å². The number of nitrogens with zero attached hydrogens (tertiary/aromatic N) is 5. The van der Waals surface area contributed by atoms with Crippen LogP contribution in [-0.4, -0.2) is 44.4 Å². The van der Waals surface area contributed by atoms with Crippen molar-refractivity contribution >= 4 is 34.0 Å². The first-order valence-corrected chi connectivity index (χ1v) is 11.5. The van der Waals surface area contributed by atoms with Gasteiger partial charge in [-0.25, -0.2) is 9.37 Å². The Morgan fingerprint density at radius 3 is 2.77 bits per heavy atom. The van der Waals surface area contributed by atoms with Gasteiger partial charge in [-0.15, -0.1) is 0 Å². The fourth-order valence-electron chi connectivity index (χ4n) is 4.01. The number of hydrogen-bond acceptors (Lipinski definition) is 7. The van der Waals surface area contributed by atoms with E-state index in [0.717, 1.165) is 18.5 Å². The van der Waals surface area contributed by atoms with E-state index in [4.69, 9.17) is 0 Å². The molecule has 1 aliphatic rings. The van der Waals surface area contributed by atoms with Crippen molar-refractivity contribution in [1.82, 2.24) is 24.7 Å².